The molecule has 0 bridgehead atoms. The first-order valence-electron chi connectivity index (χ1n) is 14.5. The predicted molar refractivity (Wildman–Crippen MR) is 151 cm³/mol. The third kappa shape index (κ3) is 4.64. The van der Waals surface area contributed by atoms with Crippen molar-refractivity contribution in [1.82, 2.24) is 0 Å². The lowest BCUT2D eigenvalue weighted by Crippen LogP contribution is -2.78. The van der Waals surface area contributed by atoms with E-state index in [2.05, 4.69) is 0 Å². The lowest BCUT2D eigenvalue weighted by molar-refractivity contribution is -0.314. The Kier molecular flexibility index (Phi) is 8.45. The van der Waals surface area contributed by atoms with E-state index in [4.69, 9.17) is 18.3 Å². The van der Waals surface area contributed by atoms with E-state index in [0.717, 1.165) is 11.1 Å². The first-order valence-corrected chi connectivity index (χ1v) is 16.0. The van der Waals surface area contributed by atoms with Gasteiger partial charge in [0.15, 0.2) is 5.78 Å². The number of carbonyl (C=O) groups excluding carboxylic acids is 2. The van der Waals surface area contributed by atoms with Crippen LogP contribution in [0, 0.1) is 22.7 Å². The normalized spacial score (nSPS) is 42.7. The Labute approximate surface area is 243 Å². The summed E-state index contributed by atoms with van der Waals surface area (Å²) in [5, 5.41) is 36.9. The van der Waals surface area contributed by atoms with Gasteiger partial charge in [0.2, 0.25) is 0 Å². The van der Waals surface area contributed by atoms with Crippen LogP contribution in [0.4, 0.5) is 0 Å². The van der Waals surface area contributed by atoms with E-state index in [1.807, 2.05) is 33.8 Å². The summed E-state index contributed by atoms with van der Waals surface area (Å²) in [5.74, 6) is -1.60. The molecule has 0 aromatic carbocycles. The van der Waals surface area contributed by atoms with Gasteiger partial charge in [-0.2, -0.15) is 0 Å². The number of Topliss-reactive ketones (excluding diaryl/α,β-unsaturated/α-hetero) is 1. The molecule has 0 saturated heterocycles. The number of hydrogen-bond donors (Lipinski definition) is 3. The fourth-order valence-electron chi connectivity index (χ4n) is 8.32. The van der Waals surface area contributed by atoms with E-state index < -0.39 is 65.3 Å². The summed E-state index contributed by atoms with van der Waals surface area (Å²) in [4.78, 5) is 26.1. The molecule has 3 fully saturated rings. The number of ether oxygens (including phenoxy) is 1. The van der Waals surface area contributed by atoms with E-state index in [9.17, 15) is 29.5 Å². The molecule has 0 aromatic rings. The third-order valence-corrected chi connectivity index (χ3v) is 12.8. The number of ketones is 1. The van der Waals surface area contributed by atoms with Crippen LogP contribution in [-0.2, 0) is 32.5 Å². The Hall–Kier alpha value is -1.39. The maximum Gasteiger partial charge on any atom is 0.474 e. The Morgan fingerprint density at radius 3 is 2.27 bits per heavy atom. The van der Waals surface area contributed by atoms with Gasteiger partial charge < -0.3 is 20.1 Å². The number of fused-ring (bicyclic) bond motifs is 5. The van der Waals surface area contributed by atoms with Crippen LogP contribution in [0.3, 0.4) is 0 Å². The summed E-state index contributed by atoms with van der Waals surface area (Å²) in [6, 6.07) is 0. The number of carbonyl (C=O) groups is 2. The van der Waals surface area contributed by atoms with Gasteiger partial charge in [0.25, 0.3) is 0 Å². The van der Waals surface area contributed by atoms with Crippen molar-refractivity contribution in [3.63, 3.8) is 0 Å². The van der Waals surface area contributed by atoms with Crippen LogP contribution >= 0.6 is 7.82 Å². The highest BCUT2D eigenvalue weighted by Crippen LogP contribution is 2.71. The zero-order valence-electron chi connectivity index (χ0n) is 25.6. The fourth-order valence-corrected chi connectivity index (χ4v) is 9.18. The van der Waals surface area contributed by atoms with Crippen LogP contribution in [0.5, 0.6) is 0 Å². The van der Waals surface area contributed by atoms with Crippen molar-refractivity contribution in [2.24, 2.45) is 22.7 Å². The molecule has 11 heteroatoms. The summed E-state index contributed by atoms with van der Waals surface area (Å²) in [5.41, 5.74) is -6.11. The van der Waals surface area contributed by atoms with Crippen LogP contribution in [0.25, 0.3) is 0 Å². The predicted octanol–water partition coefficient (Wildman–Crippen LogP) is 4.41. The number of esters is 1. The SMILES string of the molecule is COP(=O)(OC)O[C@H]1CC[C@@]2(C)C(=CC[C@]3(O)[C@@H]2C[C@@H](OC(=O)/C=C(\C)C(C)C)[C@@]2(C)[C@]3(O)CC[C@@]2(O)C(C)=O)C1. The monoisotopic (exact) mass is 598 g/mol. The molecule has 0 aromatic heterocycles. The van der Waals surface area contributed by atoms with Crippen molar-refractivity contribution in [3.05, 3.63) is 23.3 Å². The molecule has 41 heavy (non-hydrogen) atoms. The largest absolute Gasteiger partial charge is 0.474 e. The first kappa shape index (κ1) is 32.5. The fraction of sp³-hybridized carbons (Fsp3) is 0.800. The Bertz CT molecular complexity index is 1190. The third-order valence-electron chi connectivity index (χ3n) is 11.4. The maximum absolute atomic E-state index is 13.2. The summed E-state index contributed by atoms with van der Waals surface area (Å²) < 4.78 is 34.4. The van der Waals surface area contributed by atoms with Crippen molar-refractivity contribution in [2.75, 3.05) is 14.2 Å². The molecular formula is C30H47O10P. The van der Waals surface area contributed by atoms with Gasteiger partial charge >= 0.3 is 13.8 Å². The minimum Gasteiger partial charge on any atom is -0.458 e. The molecule has 0 aliphatic heterocycles. The Balaban J connectivity index is 1.77. The average Bonchev–Trinajstić information content (AvgIpc) is 3.14. The molecule has 0 heterocycles. The quantitative estimate of drug-likeness (QED) is 0.159. The Morgan fingerprint density at radius 1 is 1.07 bits per heavy atom. The van der Waals surface area contributed by atoms with E-state index in [1.54, 1.807) is 6.92 Å². The minimum atomic E-state index is -3.70. The van der Waals surface area contributed by atoms with Gasteiger partial charge in [-0.15, -0.1) is 0 Å². The standard InChI is InChI=1S/C30H47O10P/c1-18(2)19(3)15-25(32)39-24-17-23-26(5)11-10-22(40-41(36,37-7)38-8)16-21(26)9-12-29(23,34)30(35)14-13-28(33,20(4)31)27(24,30)6/h9,15,18,22-24,33-35H,10-14,16-17H2,1-8H3/b19-15+/t22-,23+,24+,26-,27+,28+,29-,30+/m0/s1. The van der Waals surface area contributed by atoms with E-state index in [-0.39, 0.29) is 31.6 Å². The number of phosphoric acid groups is 1. The first-order chi connectivity index (χ1) is 18.9. The molecule has 10 nitrogen and oxygen atoms in total. The molecule has 3 saturated carbocycles. The van der Waals surface area contributed by atoms with Crippen LogP contribution in [0.2, 0.25) is 0 Å². The molecule has 4 aliphatic carbocycles. The minimum absolute atomic E-state index is 0.0304. The molecule has 3 N–H and O–H groups in total. The number of allylic oxidation sites excluding steroid dienone is 1. The topological polar surface area (TPSA) is 149 Å². The molecule has 8 atom stereocenters. The lowest BCUT2D eigenvalue weighted by atomic mass is 9.42. The summed E-state index contributed by atoms with van der Waals surface area (Å²) in [6.45, 7) is 10.6. The zero-order chi connectivity index (χ0) is 30.8. The van der Waals surface area contributed by atoms with Crippen molar-refractivity contribution in [1.29, 1.82) is 0 Å². The zero-order valence-corrected chi connectivity index (χ0v) is 26.5. The van der Waals surface area contributed by atoms with Gasteiger partial charge in [-0.25, -0.2) is 9.36 Å². The van der Waals surface area contributed by atoms with Gasteiger partial charge in [0, 0.05) is 26.2 Å². The molecule has 0 spiro atoms. The van der Waals surface area contributed by atoms with Crippen molar-refractivity contribution < 1.29 is 47.8 Å². The number of rotatable bonds is 8. The maximum atomic E-state index is 13.2. The lowest BCUT2D eigenvalue weighted by Gasteiger charge is -2.67. The molecule has 0 amide bonds. The summed E-state index contributed by atoms with van der Waals surface area (Å²) in [7, 11) is -1.18. The van der Waals surface area contributed by atoms with Crippen molar-refractivity contribution >= 4 is 19.6 Å². The smallest absolute Gasteiger partial charge is 0.458 e. The second-order valence-corrected chi connectivity index (χ2v) is 15.1. The number of phosphoric ester groups is 1. The highest BCUT2D eigenvalue weighted by atomic mass is 31.2. The molecule has 4 aliphatic rings. The molecule has 4 rings (SSSR count). The second-order valence-electron chi connectivity index (χ2n) is 13.3. The molecule has 0 radical (unpaired) electrons. The number of hydrogen-bond acceptors (Lipinski definition) is 10. The van der Waals surface area contributed by atoms with Gasteiger partial charge in [0.1, 0.15) is 22.9 Å². The van der Waals surface area contributed by atoms with E-state index >= 15 is 0 Å². The molecule has 0 unspecified atom stereocenters. The Morgan fingerprint density at radius 2 is 1.71 bits per heavy atom. The van der Waals surface area contributed by atoms with Crippen LogP contribution < -0.4 is 0 Å². The summed E-state index contributed by atoms with van der Waals surface area (Å²) in [6.07, 6.45) is 3.40. The summed E-state index contributed by atoms with van der Waals surface area (Å²) >= 11 is 0. The van der Waals surface area contributed by atoms with Gasteiger partial charge in [-0.3, -0.25) is 18.4 Å². The van der Waals surface area contributed by atoms with Crippen LogP contribution in [0.1, 0.15) is 86.5 Å². The van der Waals surface area contributed by atoms with Crippen LogP contribution in [0.15, 0.2) is 23.3 Å². The van der Waals surface area contributed by atoms with Crippen molar-refractivity contribution in [3.8, 4) is 0 Å². The van der Waals surface area contributed by atoms with Gasteiger partial charge in [-0.1, -0.05) is 38.0 Å². The van der Waals surface area contributed by atoms with Gasteiger partial charge in [-0.05, 0) is 77.0 Å². The van der Waals surface area contributed by atoms with Crippen LogP contribution in [-0.4, -0.2) is 70.3 Å². The highest BCUT2D eigenvalue weighted by Gasteiger charge is 2.81. The second kappa shape index (κ2) is 10.7. The van der Waals surface area contributed by atoms with E-state index in [1.165, 1.54) is 27.2 Å². The average molecular weight is 599 g/mol. The van der Waals surface area contributed by atoms with Gasteiger partial charge in [0.05, 0.1) is 11.5 Å². The number of aliphatic hydroxyl groups is 3. The van der Waals surface area contributed by atoms with Crippen molar-refractivity contribution in [2.45, 2.75) is 115 Å². The van der Waals surface area contributed by atoms with E-state index in [0.29, 0.717) is 19.3 Å². The molecule has 232 valence electrons. The highest BCUT2D eigenvalue weighted by molar-refractivity contribution is 7.48. The molecular weight excluding hydrogens is 551 g/mol.